The van der Waals surface area contributed by atoms with E-state index in [0.29, 0.717) is 24.4 Å². The first-order valence-corrected chi connectivity index (χ1v) is 11.6. The highest BCUT2D eigenvalue weighted by atomic mass is 32.1. The molecule has 1 aliphatic carbocycles. The van der Waals surface area contributed by atoms with Gasteiger partial charge in [-0.15, -0.1) is 11.3 Å². The molecular formula is C24H31NO4S. The number of thiophene rings is 1. The number of carboxylic acid groups (broad SMARTS) is 1. The summed E-state index contributed by atoms with van der Waals surface area (Å²) in [5.41, 5.74) is 1.40. The Morgan fingerprint density at radius 3 is 2.40 bits per heavy atom. The minimum absolute atomic E-state index is 0.00196. The fourth-order valence-electron chi connectivity index (χ4n) is 4.32. The third-order valence-corrected chi connectivity index (χ3v) is 7.29. The van der Waals surface area contributed by atoms with Crippen LogP contribution in [-0.4, -0.2) is 34.7 Å². The Bertz CT molecular complexity index is 855. The van der Waals surface area contributed by atoms with Gasteiger partial charge in [0.25, 0.3) is 0 Å². The van der Waals surface area contributed by atoms with Gasteiger partial charge in [0.1, 0.15) is 4.88 Å². The molecule has 1 amide bonds. The van der Waals surface area contributed by atoms with Crippen LogP contribution in [0.4, 0.5) is 5.69 Å². The maximum absolute atomic E-state index is 13.7. The zero-order chi connectivity index (χ0) is 21.7. The summed E-state index contributed by atoms with van der Waals surface area (Å²) in [7, 11) is 0. The zero-order valence-electron chi connectivity index (χ0n) is 17.7. The first kappa shape index (κ1) is 22.5. The topological polar surface area (TPSA) is 77.8 Å². The van der Waals surface area contributed by atoms with Crippen molar-refractivity contribution in [1.29, 1.82) is 0 Å². The standard InChI is InChI=1S/C24H31NO4S/c1-3-19(13-14-26)25(23(27)18-11-9-16(2)10-12-18)20-15-21(30-22(20)24(28)29)17-7-5-4-6-8-17/h4-8,15-16,18-19,26H,3,9-14H2,1-2H3,(H,28,29). The molecule has 2 N–H and O–H groups in total. The van der Waals surface area contributed by atoms with Crippen LogP contribution in [0.3, 0.4) is 0 Å². The van der Waals surface area contributed by atoms with Crippen LogP contribution in [0.5, 0.6) is 0 Å². The maximum atomic E-state index is 13.7. The number of hydrogen-bond donors (Lipinski definition) is 2. The largest absolute Gasteiger partial charge is 0.477 e. The number of nitrogens with zero attached hydrogens (tertiary/aromatic N) is 1. The summed E-state index contributed by atoms with van der Waals surface area (Å²) >= 11 is 1.20. The van der Waals surface area contributed by atoms with Crippen LogP contribution in [0.15, 0.2) is 36.4 Å². The molecule has 0 saturated heterocycles. The van der Waals surface area contributed by atoms with Crippen LogP contribution >= 0.6 is 11.3 Å². The number of benzene rings is 1. The Hall–Kier alpha value is -2.18. The number of amides is 1. The lowest BCUT2D eigenvalue weighted by molar-refractivity contribution is -0.124. The smallest absolute Gasteiger partial charge is 0.348 e. The second-order valence-electron chi connectivity index (χ2n) is 8.24. The van der Waals surface area contributed by atoms with E-state index in [1.54, 1.807) is 4.90 Å². The van der Waals surface area contributed by atoms with E-state index in [4.69, 9.17) is 0 Å². The molecule has 2 aromatic rings. The molecule has 1 aliphatic rings. The predicted octanol–water partition coefficient (Wildman–Crippen LogP) is 5.43. The van der Waals surface area contributed by atoms with Crippen molar-refractivity contribution in [3.05, 3.63) is 41.3 Å². The number of hydrogen-bond acceptors (Lipinski definition) is 4. The normalized spacial score (nSPS) is 20.0. The number of aliphatic hydroxyl groups excluding tert-OH is 1. The highest BCUT2D eigenvalue weighted by Gasteiger charge is 2.35. The molecule has 0 bridgehead atoms. The first-order chi connectivity index (χ1) is 14.5. The van der Waals surface area contributed by atoms with E-state index in [-0.39, 0.29) is 29.4 Å². The molecule has 0 radical (unpaired) electrons. The summed E-state index contributed by atoms with van der Waals surface area (Å²) < 4.78 is 0. The minimum atomic E-state index is -1.02. The van der Waals surface area contributed by atoms with E-state index in [2.05, 4.69) is 6.92 Å². The number of aromatic carboxylic acids is 1. The molecule has 30 heavy (non-hydrogen) atoms. The Kier molecular flexibility index (Phi) is 7.67. The molecule has 3 rings (SSSR count). The van der Waals surface area contributed by atoms with Crippen molar-refractivity contribution in [3.63, 3.8) is 0 Å². The van der Waals surface area contributed by atoms with Crippen LogP contribution in [-0.2, 0) is 4.79 Å². The van der Waals surface area contributed by atoms with Gasteiger partial charge in [-0.3, -0.25) is 4.79 Å². The summed E-state index contributed by atoms with van der Waals surface area (Å²) in [5, 5.41) is 19.5. The Balaban J connectivity index is 2.05. The third kappa shape index (κ3) is 4.93. The van der Waals surface area contributed by atoms with Crippen molar-refractivity contribution in [1.82, 2.24) is 0 Å². The number of anilines is 1. The van der Waals surface area contributed by atoms with Crippen LogP contribution < -0.4 is 4.90 Å². The molecule has 1 atom stereocenters. The van der Waals surface area contributed by atoms with Crippen LogP contribution in [0.2, 0.25) is 0 Å². The average molecular weight is 430 g/mol. The van der Waals surface area contributed by atoms with E-state index < -0.39 is 5.97 Å². The second kappa shape index (κ2) is 10.2. The van der Waals surface area contributed by atoms with Gasteiger partial charge in [-0.25, -0.2) is 4.79 Å². The van der Waals surface area contributed by atoms with E-state index in [1.807, 2.05) is 43.3 Å². The number of aliphatic hydroxyl groups is 1. The van der Waals surface area contributed by atoms with Gasteiger partial charge < -0.3 is 15.1 Å². The monoisotopic (exact) mass is 429 g/mol. The lowest BCUT2D eigenvalue weighted by Gasteiger charge is -2.35. The molecule has 0 aliphatic heterocycles. The number of carbonyl (C=O) groups excluding carboxylic acids is 1. The van der Waals surface area contributed by atoms with Gasteiger partial charge in [0.2, 0.25) is 5.91 Å². The van der Waals surface area contributed by atoms with Crippen LogP contribution in [0.1, 0.15) is 62.0 Å². The van der Waals surface area contributed by atoms with Gasteiger partial charge in [0.15, 0.2) is 0 Å². The van der Waals surface area contributed by atoms with E-state index in [9.17, 15) is 19.8 Å². The van der Waals surface area contributed by atoms with Gasteiger partial charge in [-0.05, 0) is 56.1 Å². The third-order valence-electron chi connectivity index (χ3n) is 6.13. The molecule has 1 heterocycles. The summed E-state index contributed by atoms with van der Waals surface area (Å²) in [5.74, 6) is -0.480. The van der Waals surface area contributed by atoms with Gasteiger partial charge in [0.05, 0.1) is 5.69 Å². The van der Waals surface area contributed by atoms with E-state index >= 15 is 0 Å². The zero-order valence-corrected chi connectivity index (χ0v) is 18.5. The number of carbonyl (C=O) groups is 2. The number of carboxylic acids is 1. The molecule has 6 heteroatoms. The molecule has 0 spiro atoms. The molecule has 5 nitrogen and oxygen atoms in total. The Labute approximate surface area is 182 Å². The SMILES string of the molecule is CCC(CCO)N(C(=O)C1CCC(C)CC1)c1cc(-c2ccccc2)sc1C(=O)O. The summed E-state index contributed by atoms with van der Waals surface area (Å²) in [4.78, 5) is 28.5. The van der Waals surface area contributed by atoms with Gasteiger partial charge in [-0.2, -0.15) is 0 Å². The fourth-order valence-corrected chi connectivity index (χ4v) is 5.32. The van der Waals surface area contributed by atoms with Crippen molar-refractivity contribution < 1.29 is 19.8 Å². The summed E-state index contributed by atoms with van der Waals surface area (Å²) in [6.45, 7) is 4.16. The minimum Gasteiger partial charge on any atom is -0.477 e. The Morgan fingerprint density at radius 1 is 1.17 bits per heavy atom. The first-order valence-electron chi connectivity index (χ1n) is 10.8. The second-order valence-corrected chi connectivity index (χ2v) is 9.29. The summed E-state index contributed by atoms with van der Waals surface area (Å²) in [6.07, 6.45) is 4.80. The highest BCUT2D eigenvalue weighted by molar-refractivity contribution is 7.18. The maximum Gasteiger partial charge on any atom is 0.348 e. The lowest BCUT2D eigenvalue weighted by Crippen LogP contribution is -2.45. The van der Waals surface area contributed by atoms with Crippen molar-refractivity contribution >= 4 is 28.9 Å². The average Bonchev–Trinajstić information content (AvgIpc) is 3.19. The van der Waals surface area contributed by atoms with Crippen molar-refractivity contribution in [2.45, 2.75) is 58.4 Å². The molecule has 1 saturated carbocycles. The molecule has 1 aromatic carbocycles. The van der Waals surface area contributed by atoms with Crippen molar-refractivity contribution in [2.24, 2.45) is 11.8 Å². The summed E-state index contributed by atoms with van der Waals surface area (Å²) in [6, 6.07) is 11.3. The van der Waals surface area contributed by atoms with Crippen LogP contribution in [0.25, 0.3) is 10.4 Å². The molecule has 1 aromatic heterocycles. The number of rotatable bonds is 8. The van der Waals surface area contributed by atoms with Gasteiger partial charge in [-0.1, -0.05) is 44.2 Å². The van der Waals surface area contributed by atoms with Crippen molar-refractivity contribution in [2.75, 3.05) is 11.5 Å². The van der Waals surface area contributed by atoms with Crippen molar-refractivity contribution in [3.8, 4) is 10.4 Å². The molecular weight excluding hydrogens is 398 g/mol. The molecule has 162 valence electrons. The van der Waals surface area contributed by atoms with E-state index in [0.717, 1.165) is 36.1 Å². The quantitative estimate of drug-likeness (QED) is 0.586. The molecule has 1 unspecified atom stereocenters. The van der Waals surface area contributed by atoms with Gasteiger partial charge >= 0.3 is 5.97 Å². The molecule has 1 fully saturated rings. The Morgan fingerprint density at radius 2 is 1.83 bits per heavy atom. The fraction of sp³-hybridized carbons (Fsp3) is 0.500. The predicted molar refractivity (Wildman–Crippen MR) is 121 cm³/mol. The van der Waals surface area contributed by atoms with E-state index in [1.165, 1.54) is 11.3 Å². The van der Waals surface area contributed by atoms with Crippen LogP contribution in [0, 0.1) is 11.8 Å². The lowest BCUT2D eigenvalue weighted by atomic mass is 9.82. The van der Waals surface area contributed by atoms with Gasteiger partial charge in [0, 0.05) is 23.4 Å². The highest BCUT2D eigenvalue weighted by Crippen LogP contribution is 2.40.